The molecule has 0 bridgehead atoms. The number of nitrogens with one attached hydrogen (secondary N) is 1. The molecule has 3 rings (SSSR count). The zero-order valence-electron chi connectivity index (χ0n) is 15.4. The number of hydrogen-bond acceptors (Lipinski definition) is 6. The van der Waals surface area contributed by atoms with Crippen LogP contribution < -0.4 is 5.32 Å². The van der Waals surface area contributed by atoms with Gasteiger partial charge in [0.15, 0.2) is 0 Å². The monoisotopic (exact) mass is 394 g/mol. The van der Waals surface area contributed by atoms with E-state index in [1.54, 1.807) is 6.07 Å². The molecular formula is C20H18N4O3S. The summed E-state index contributed by atoms with van der Waals surface area (Å²) < 4.78 is 0. The molecule has 1 N–H and O–H groups in total. The molecule has 1 amide bonds. The number of rotatable bonds is 6. The zero-order valence-corrected chi connectivity index (χ0v) is 16.2. The van der Waals surface area contributed by atoms with E-state index in [1.807, 2.05) is 24.3 Å². The molecule has 0 aliphatic rings. The number of nitro benzene ring substituents is 1. The predicted molar refractivity (Wildman–Crippen MR) is 109 cm³/mol. The van der Waals surface area contributed by atoms with Crippen molar-refractivity contribution in [1.29, 1.82) is 0 Å². The van der Waals surface area contributed by atoms with Gasteiger partial charge in [-0.15, -0.1) is 10.2 Å². The summed E-state index contributed by atoms with van der Waals surface area (Å²) in [6.07, 6.45) is 0. The smallest absolute Gasteiger partial charge is 0.271 e. The molecule has 0 spiro atoms. The molecular weight excluding hydrogens is 376 g/mol. The molecule has 0 atom stereocenters. The summed E-state index contributed by atoms with van der Waals surface area (Å²) in [5.74, 6) is -0.147. The minimum atomic E-state index is -0.503. The highest BCUT2D eigenvalue weighted by Crippen LogP contribution is 2.22. The topological polar surface area (TPSA) is 98.0 Å². The fraction of sp³-hybridized carbons (Fsp3) is 0.150. The molecule has 2 aromatic carbocycles. The minimum Gasteiger partial charge on any atom is -0.325 e. The summed E-state index contributed by atoms with van der Waals surface area (Å²) >= 11 is 1.25. The Morgan fingerprint density at radius 3 is 2.57 bits per heavy atom. The first-order valence-electron chi connectivity index (χ1n) is 8.51. The fourth-order valence-electron chi connectivity index (χ4n) is 2.49. The van der Waals surface area contributed by atoms with Gasteiger partial charge in [0.1, 0.15) is 5.03 Å². The average molecular weight is 394 g/mol. The van der Waals surface area contributed by atoms with Gasteiger partial charge in [0.05, 0.1) is 16.4 Å². The molecule has 1 aromatic heterocycles. The number of hydrogen-bond donors (Lipinski definition) is 1. The summed E-state index contributed by atoms with van der Waals surface area (Å²) in [7, 11) is 0. The van der Waals surface area contributed by atoms with Gasteiger partial charge in [-0.2, -0.15) is 0 Å². The SMILES string of the molecule is Cc1ccc(-c2ccc(SCC(=O)Nc3cccc([N+](=O)[O-])c3)nn2)cc1C. The van der Waals surface area contributed by atoms with Crippen molar-refractivity contribution in [2.75, 3.05) is 11.1 Å². The van der Waals surface area contributed by atoms with Crippen molar-refractivity contribution >= 4 is 29.0 Å². The number of anilines is 1. The number of nitrogens with zero attached hydrogens (tertiary/aromatic N) is 3. The number of nitro groups is 1. The maximum Gasteiger partial charge on any atom is 0.271 e. The second kappa shape index (κ2) is 8.62. The van der Waals surface area contributed by atoms with E-state index < -0.39 is 4.92 Å². The molecule has 0 saturated heterocycles. The van der Waals surface area contributed by atoms with Crippen molar-refractivity contribution in [2.45, 2.75) is 18.9 Å². The van der Waals surface area contributed by atoms with Crippen molar-refractivity contribution in [3.8, 4) is 11.3 Å². The van der Waals surface area contributed by atoms with Crippen molar-refractivity contribution in [1.82, 2.24) is 10.2 Å². The van der Waals surface area contributed by atoms with Gasteiger partial charge in [-0.25, -0.2) is 0 Å². The van der Waals surface area contributed by atoms with Crippen LogP contribution in [-0.4, -0.2) is 26.8 Å². The van der Waals surface area contributed by atoms with Crippen molar-refractivity contribution in [3.63, 3.8) is 0 Å². The number of amides is 1. The Morgan fingerprint density at radius 2 is 1.89 bits per heavy atom. The van der Waals surface area contributed by atoms with E-state index in [4.69, 9.17) is 0 Å². The highest BCUT2D eigenvalue weighted by atomic mass is 32.2. The average Bonchev–Trinajstić information content (AvgIpc) is 2.69. The lowest BCUT2D eigenvalue weighted by atomic mass is 10.0. The molecule has 1 heterocycles. The summed E-state index contributed by atoms with van der Waals surface area (Å²) in [6.45, 7) is 4.11. The molecule has 3 aromatic rings. The Morgan fingerprint density at radius 1 is 1.07 bits per heavy atom. The van der Waals surface area contributed by atoms with Crippen LogP contribution in [-0.2, 0) is 4.79 Å². The molecule has 0 aliphatic carbocycles. The molecule has 7 nitrogen and oxygen atoms in total. The van der Waals surface area contributed by atoms with Crippen LogP contribution in [0.3, 0.4) is 0 Å². The van der Waals surface area contributed by atoms with E-state index in [-0.39, 0.29) is 17.3 Å². The van der Waals surface area contributed by atoms with E-state index in [2.05, 4.69) is 35.4 Å². The van der Waals surface area contributed by atoms with Gasteiger partial charge in [-0.3, -0.25) is 14.9 Å². The van der Waals surface area contributed by atoms with Crippen LogP contribution in [0, 0.1) is 24.0 Å². The Labute approximate surface area is 166 Å². The zero-order chi connectivity index (χ0) is 20.1. The van der Waals surface area contributed by atoms with Gasteiger partial charge in [0.2, 0.25) is 5.91 Å². The Balaban J connectivity index is 1.58. The Hall–Kier alpha value is -3.26. The fourth-order valence-corrected chi connectivity index (χ4v) is 3.10. The third kappa shape index (κ3) is 4.92. The molecule has 0 aliphatic heterocycles. The number of non-ortho nitro benzene ring substituents is 1. The van der Waals surface area contributed by atoms with Crippen molar-refractivity contribution in [2.24, 2.45) is 0 Å². The van der Waals surface area contributed by atoms with Crippen LogP contribution in [0.5, 0.6) is 0 Å². The molecule has 0 fully saturated rings. The van der Waals surface area contributed by atoms with E-state index in [9.17, 15) is 14.9 Å². The largest absolute Gasteiger partial charge is 0.325 e. The van der Waals surface area contributed by atoms with Crippen molar-refractivity contribution < 1.29 is 9.72 Å². The minimum absolute atomic E-state index is 0.0711. The summed E-state index contributed by atoms with van der Waals surface area (Å²) in [4.78, 5) is 22.4. The lowest BCUT2D eigenvalue weighted by Crippen LogP contribution is -2.14. The van der Waals surface area contributed by atoms with Crippen LogP contribution in [0.4, 0.5) is 11.4 Å². The van der Waals surface area contributed by atoms with E-state index in [0.29, 0.717) is 10.7 Å². The highest BCUT2D eigenvalue weighted by Gasteiger charge is 2.10. The van der Waals surface area contributed by atoms with Crippen molar-refractivity contribution in [3.05, 3.63) is 75.8 Å². The standard InChI is InChI=1S/C20H18N4O3S/c1-13-6-7-15(10-14(13)2)18-8-9-20(23-22-18)28-12-19(25)21-16-4-3-5-17(11-16)24(26)27/h3-11H,12H2,1-2H3,(H,21,25). The molecule has 8 heteroatoms. The van der Waals surface area contributed by atoms with Gasteiger partial charge in [-0.1, -0.05) is 30.0 Å². The second-order valence-electron chi connectivity index (χ2n) is 6.20. The first-order chi connectivity index (χ1) is 13.4. The van der Waals surface area contributed by atoms with E-state index >= 15 is 0 Å². The lowest BCUT2D eigenvalue weighted by molar-refractivity contribution is -0.384. The number of aryl methyl sites for hydroxylation is 2. The summed E-state index contributed by atoms with van der Waals surface area (Å²) in [5.41, 5.74) is 4.49. The van der Waals surface area contributed by atoms with Crippen LogP contribution in [0.15, 0.2) is 59.6 Å². The Kier molecular flexibility index (Phi) is 6.00. The van der Waals surface area contributed by atoms with Crippen LogP contribution >= 0.6 is 11.8 Å². The highest BCUT2D eigenvalue weighted by molar-refractivity contribution is 7.99. The second-order valence-corrected chi connectivity index (χ2v) is 7.20. The molecule has 0 unspecified atom stereocenters. The number of carbonyl (C=O) groups excluding carboxylic acids is 1. The first-order valence-corrected chi connectivity index (χ1v) is 9.49. The molecule has 28 heavy (non-hydrogen) atoms. The lowest BCUT2D eigenvalue weighted by Gasteiger charge is -2.06. The predicted octanol–water partition coefficient (Wildman–Crippen LogP) is 4.40. The maximum atomic E-state index is 12.1. The normalized spacial score (nSPS) is 10.5. The third-order valence-corrected chi connectivity index (χ3v) is 5.05. The number of carbonyl (C=O) groups is 1. The quantitative estimate of drug-likeness (QED) is 0.378. The number of aromatic nitrogens is 2. The van der Waals surface area contributed by atoms with Gasteiger partial charge >= 0.3 is 0 Å². The summed E-state index contributed by atoms with van der Waals surface area (Å²) in [5, 5.41) is 22.5. The summed E-state index contributed by atoms with van der Waals surface area (Å²) in [6, 6.07) is 15.6. The Bertz CT molecular complexity index is 1020. The van der Waals surface area contributed by atoms with Crippen LogP contribution in [0.2, 0.25) is 0 Å². The van der Waals surface area contributed by atoms with E-state index in [1.165, 1.54) is 41.1 Å². The number of benzene rings is 2. The van der Waals surface area contributed by atoms with Gasteiger partial charge < -0.3 is 5.32 Å². The molecule has 0 saturated carbocycles. The van der Waals surface area contributed by atoms with Crippen LogP contribution in [0.25, 0.3) is 11.3 Å². The van der Waals surface area contributed by atoms with Gasteiger partial charge in [-0.05, 0) is 49.2 Å². The number of thioether (sulfide) groups is 1. The molecule has 142 valence electrons. The van der Waals surface area contributed by atoms with Gasteiger partial charge in [0, 0.05) is 23.4 Å². The van der Waals surface area contributed by atoms with Crippen LogP contribution in [0.1, 0.15) is 11.1 Å². The maximum absolute atomic E-state index is 12.1. The molecule has 0 radical (unpaired) electrons. The first kappa shape index (κ1) is 19.5. The van der Waals surface area contributed by atoms with Gasteiger partial charge in [0.25, 0.3) is 5.69 Å². The van der Waals surface area contributed by atoms with E-state index in [0.717, 1.165) is 11.3 Å². The third-order valence-electron chi connectivity index (χ3n) is 4.13.